The van der Waals surface area contributed by atoms with E-state index < -0.39 is 10.8 Å². The molecule has 0 aromatic heterocycles. The van der Waals surface area contributed by atoms with Crippen LogP contribution >= 0.6 is 15.9 Å². The molecule has 0 saturated carbocycles. The average molecular weight is 331 g/mol. The number of rotatable bonds is 7. The Hall–Kier alpha value is -1.47. The second-order valence-electron chi connectivity index (χ2n) is 3.88. The Kier molecular flexibility index (Phi) is 6.44. The predicted octanol–water partition coefficient (Wildman–Crippen LogP) is 2.12. The highest BCUT2D eigenvalue weighted by atomic mass is 79.9. The molecule has 104 valence electrons. The second-order valence-corrected chi connectivity index (χ2v) is 4.67. The highest BCUT2D eigenvalue weighted by molar-refractivity contribution is 9.09. The minimum Gasteiger partial charge on any atom is -0.383 e. The van der Waals surface area contributed by atoms with Crippen molar-refractivity contribution >= 4 is 27.5 Å². The number of halogens is 1. The summed E-state index contributed by atoms with van der Waals surface area (Å²) in [6.45, 7) is 0.359. The fourth-order valence-corrected chi connectivity index (χ4v) is 2.17. The van der Waals surface area contributed by atoms with E-state index in [0.717, 1.165) is 0 Å². The topological polar surface area (TPSA) is 81.5 Å². The summed E-state index contributed by atoms with van der Waals surface area (Å²) >= 11 is 3.29. The molecule has 0 heterocycles. The van der Waals surface area contributed by atoms with Crippen molar-refractivity contribution in [2.24, 2.45) is 0 Å². The lowest BCUT2D eigenvalue weighted by molar-refractivity contribution is -0.385. The van der Waals surface area contributed by atoms with Gasteiger partial charge in [0, 0.05) is 18.5 Å². The lowest BCUT2D eigenvalue weighted by Crippen LogP contribution is -2.38. The number of carbonyl (C=O) groups is 1. The average Bonchev–Trinajstić information content (AvgIpc) is 2.39. The third-order valence-corrected chi connectivity index (χ3v) is 2.96. The van der Waals surface area contributed by atoms with E-state index in [9.17, 15) is 14.9 Å². The van der Waals surface area contributed by atoms with Crippen LogP contribution in [-0.2, 0) is 4.74 Å². The quantitative estimate of drug-likeness (QED) is 0.471. The van der Waals surface area contributed by atoms with Gasteiger partial charge in [0.1, 0.15) is 5.56 Å². The third kappa shape index (κ3) is 4.60. The van der Waals surface area contributed by atoms with Gasteiger partial charge in [-0.15, -0.1) is 0 Å². The Labute approximate surface area is 119 Å². The number of hydrogen-bond donors (Lipinski definition) is 1. The predicted molar refractivity (Wildman–Crippen MR) is 74.6 cm³/mol. The molecule has 1 amide bonds. The highest BCUT2D eigenvalue weighted by Gasteiger charge is 2.21. The van der Waals surface area contributed by atoms with E-state index in [4.69, 9.17) is 4.74 Å². The van der Waals surface area contributed by atoms with Gasteiger partial charge in [-0.3, -0.25) is 14.9 Å². The van der Waals surface area contributed by atoms with Crippen molar-refractivity contribution in [1.82, 2.24) is 5.32 Å². The van der Waals surface area contributed by atoms with Crippen LogP contribution in [0.2, 0.25) is 0 Å². The van der Waals surface area contributed by atoms with Crippen LogP contribution in [-0.4, -0.2) is 35.9 Å². The standard InChI is InChI=1S/C12H15BrN2O4/c1-19-8-9(6-7-13)14-12(16)10-4-2-3-5-11(10)15(17)18/h2-5,9H,6-8H2,1H3,(H,14,16). The fourth-order valence-electron chi connectivity index (χ4n) is 1.62. The molecule has 0 radical (unpaired) electrons. The highest BCUT2D eigenvalue weighted by Crippen LogP contribution is 2.17. The minimum absolute atomic E-state index is 0.0585. The van der Waals surface area contributed by atoms with Crippen molar-refractivity contribution in [2.75, 3.05) is 19.0 Å². The zero-order valence-electron chi connectivity index (χ0n) is 10.5. The fraction of sp³-hybridized carbons (Fsp3) is 0.417. The first-order valence-corrected chi connectivity index (χ1v) is 6.81. The van der Waals surface area contributed by atoms with Gasteiger partial charge >= 0.3 is 0 Å². The molecule has 0 aliphatic rings. The Balaban J connectivity index is 2.85. The van der Waals surface area contributed by atoms with E-state index in [0.29, 0.717) is 18.4 Å². The molecule has 0 bridgehead atoms. The number of benzene rings is 1. The SMILES string of the molecule is COCC(CCBr)NC(=O)c1ccccc1[N+](=O)[O-]. The molecule has 7 heteroatoms. The molecule has 0 spiro atoms. The molecule has 19 heavy (non-hydrogen) atoms. The van der Waals surface area contributed by atoms with Crippen molar-refractivity contribution < 1.29 is 14.5 Å². The van der Waals surface area contributed by atoms with E-state index in [1.54, 1.807) is 13.2 Å². The maximum absolute atomic E-state index is 12.0. The number of amides is 1. The van der Waals surface area contributed by atoms with E-state index in [1.165, 1.54) is 18.2 Å². The first-order chi connectivity index (χ1) is 9.10. The molecule has 1 aromatic carbocycles. The summed E-state index contributed by atoms with van der Waals surface area (Å²) in [7, 11) is 1.54. The summed E-state index contributed by atoms with van der Waals surface area (Å²) in [5, 5.41) is 14.3. The van der Waals surface area contributed by atoms with Crippen molar-refractivity contribution in [3.8, 4) is 0 Å². The van der Waals surface area contributed by atoms with Gasteiger partial charge in [0.05, 0.1) is 17.6 Å². The summed E-state index contributed by atoms with van der Waals surface area (Å²) in [5.74, 6) is -0.463. The van der Waals surface area contributed by atoms with Crippen molar-refractivity contribution in [3.05, 3.63) is 39.9 Å². The van der Waals surface area contributed by atoms with Crippen molar-refractivity contribution in [2.45, 2.75) is 12.5 Å². The molecule has 1 aromatic rings. The van der Waals surface area contributed by atoms with E-state index in [1.807, 2.05) is 0 Å². The minimum atomic E-state index is -0.565. The Bertz CT molecular complexity index is 447. The third-order valence-electron chi connectivity index (χ3n) is 2.51. The normalized spacial score (nSPS) is 11.9. The van der Waals surface area contributed by atoms with Gasteiger partial charge in [-0.05, 0) is 12.5 Å². The van der Waals surface area contributed by atoms with Crippen LogP contribution in [0.5, 0.6) is 0 Å². The number of ether oxygens (including phenoxy) is 1. The smallest absolute Gasteiger partial charge is 0.282 e. The number of nitro groups is 1. The van der Waals surface area contributed by atoms with Gasteiger partial charge in [0.25, 0.3) is 11.6 Å². The van der Waals surface area contributed by atoms with Crippen LogP contribution in [0.4, 0.5) is 5.69 Å². The summed E-state index contributed by atoms with van der Waals surface area (Å²) in [6, 6.07) is 5.69. The number of hydrogen-bond acceptors (Lipinski definition) is 4. The Morgan fingerprint density at radius 2 is 2.21 bits per heavy atom. The van der Waals surface area contributed by atoms with Crippen molar-refractivity contribution in [1.29, 1.82) is 0 Å². The number of methoxy groups -OCH3 is 1. The first-order valence-electron chi connectivity index (χ1n) is 5.69. The first kappa shape index (κ1) is 15.6. The van der Waals surface area contributed by atoms with E-state index >= 15 is 0 Å². The molecule has 0 aliphatic carbocycles. The molecule has 0 aliphatic heterocycles. The van der Waals surface area contributed by atoms with Crippen LogP contribution < -0.4 is 5.32 Å². The monoisotopic (exact) mass is 330 g/mol. The van der Waals surface area contributed by atoms with Crippen LogP contribution in [0, 0.1) is 10.1 Å². The maximum atomic E-state index is 12.0. The molecule has 6 nitrogen and oxygen atoms in total. The summed E-state index contributed by atoms with van der Waals surface area (Å²) in [5.41, 5.74) is -0.141. The maximum Gasteiger partial charge on any atom is 0.282 e. The van der Waals surface area contributed by atoms with Gasteiger partial charge in [0.2, 0.25) is 0 Å². The molecule has 1 rings (SSSR count). The zero-order chi connectivity index (χ0) is 14.3. The van der Waals surface area contributed by atoms with Crippen LogP contribution in [0.25, 0.3) is 0 Å². The number of nitro benzene ring substituents is 1. The summed E-state index contributed by atoms with van der Waals surface area (Å²) in [6.07, 6.45) is 0.681. The molecule has 0 saturated heterocycles. The number of alkyl halides is 1. The van der Waals surface area contributed by atoms with Crippen LogP contribution in [0.1, 0.15) is 16.8 Å². The van der Waals surface area contributed by atoms with Crippen molar-refractivity contribution in [3.63, 3.8) is 0 Å². The van der Waals surface area contributed by atoms with Gasteiger partial charge in [-0.1, -0.05) is 28.1 Å². The van der Waals surface area contributed by atoms with E-state index in [2.05, 4.69) is 21.2 Å². The van der Waals surface area contributed by atoms with Crippen LogP contribution in [0.15, 0.2) is 24.3 Å². The molecule has 0 fully saturated rings. The Morgan fingerprint density at radius 1 is 1.53 bits per heavy atom. The van der Waals surface area contributed by atoms with Crippen LogP contribution in [0.3, 0.4) is 0 Å². The summed E-state index contributed by atoms with van der Waals surface area (Å²) < 4.78 is 5.00. The number of carbonyl (C=O) groups excluding carboxylic acids is 1. The lowest BCUT2D eigenvalue weighted by atomic mass is 10.1. The van der Waals surface area contributed by atoms with Gasteiger partial charge in [-0.25, -0.2) is 0 Å². The molecular formula is C12H15BrN2O4. The van der Waals surface area contributed by atoms with Gasteiger partial charge < -0.3 is 10.1 Å². The Morgan fingerprint density at radius 3 is 2.79 bits per heavy atom. The lowest BCUT2D eigenvalue weighted by Gasteiger charge is -2.16. The molecule has 1 atom stereocenters. The molecule has 1 N–H and O–H groups in total. The number of nitrogens with zero attached hydrogens (tertiary/aromatic N) is 1. The van der Waals surface area contributed by atoms with Gasteiger partial charge in [0.15, 0.2) is 0 Å². The largest absolute Gasteiger partial charge is 0.383 e. The number of nitrogens with one attached hydrogen (secondary N) is 1. The van der Waals surface area contributed by atoms with E-state index in [-0.39, 0.29) is 17.3 Å². The zero-order valence-corrected chi connectivity index (χ0v) is 12.1. The van der Waals surface area contributed by atoms with Gasteiger partial charge in [-0.2, -0.15) is 0 Å². The second kappa shape index (κ2) is 7.85. The number of para-hydroxylation sites is 1. The summed E-state index contributed by atoms with van der Waals surface area (Å²) in [4.78, 5) is 22.3. The molecular weight excluding hydrogens is 316 g/mol. The molecule has 1 unspecified atom stereocenters.